The standard InChI is InChI=1S/C10H10BrN3/c1-7-5-13-14(6-7)10-3-2-8(11)4-9(10)12/h2-6H,12H2,1H3. The normalized spacial score (nSPS) is 10.4. The van der Waals surface area contributed by atoms with Gasteiger partial charge in [0.15, 0.2) is 0 Å². The van der Waals surface area contributed by atoms with Crippen molar-refractivity contribution in [2.75, 3.05) is 5.73 Å². The van der Waals surface area contributed by atoms with Crippen molar-refractivity contribution in [3.63, 3.8) is 0 Å². The first-order chi connectivity index (χ1) is 6.66. The zero-order valence-electron chi connectivity index (χ0n) is 7.74. The summed E-state index contributed by atoms with van der Waals surface area (Å²) < 4.78 is 2.75. The molecular formula is C10H10BrN3. The number of aromatic nitrogens is 2. The van der Waals surface area contributed by atoms with E-state index >= 15 is 0 Å². The highest BCUT2D eigenvalue weighted by Gasteiger charge is 2.02. The quantitative estimate of drug-likeness (QED) is 0.792. The predicted octanol–water partition coefficient (Wildman–Crippen LogP) is 2.53. The van der Waals surface area contributed by atoms with E-state index in [-0.39, 0.29) is 0 Å². The van der Waals surface area contributed by atoms with Crippen molar-refractivity contribution in [2.24, 2.45) is 0 Å². The van der Waals surface area contributed by atoms with Crippen LogP contribution >= 0.6 is 15.9 Å². The third kappa shape index (κ3) is 1.65. The number of nitrogens with zero attached hydrogens (tertiary/aromatic N) is 2. The van der Waals surface area contributed by atoms with Crippen LogP contribution in [0.5, 0.6) is 0 Å². The minimum Gasteiger partial charge on any atom is -0.397 e. The maximum atomic E-state index is 5.87. The van der Waals surface area contributed by atoms with Gasteiger partial charge in [0.1, 0.15) is 0 Å². The van der Waals surface area contributed by atoms with Crippen molar-refractivity contribution >= 4 is 21.6 Å². The first-order valence-electron chi connectivity index (χ1n) is 4.23. The average molecular weight is 252 g/mol. The second kappa shape index (κ2) is 3.46. The molecule has 0 unspecified atom stereocenters. The van der Waals surface area contributed by atoms with Gasteiger partial charge in [-0.05, 0) is 30.7 Å². The molecule has 0 bridgehead atoms. The molecule has 0 spiro atoms. The SMILES string of the molecule is Cc1cnn(-c2ccc(Br)cc2N)c1. The highest BCUT2D eigenvalue weighted by molar-refractivity contribution is 9.10. The summed E-state index contributed by atoms with van der Waals surface area (Å²) in [6, 6.07) is 5.75. The van der Waals surface area contributed by atoms with Gasteiger partial charge in [-0.3, -0.25) is 0 Å². The molecular weight excluding hydrogens is 242 g/mol. The second-order valence-corrected chi connectivity index (χ2v) is 4.08. The average Bonchev–Trinajstić information content (AvgIpc) is 2.51. The Morgan fingerprint density at radius 3 is 2.79 bits per heavy atom. The first kappa shape index (κ1) is 9.27. The molecule has 1 aromatic heterocycles. The van der Waals surface area contributed by atoms with Crippen molar-refractivity contribution in [3.8, 4) is 5.69 Å². The van der Waals surface area contributed by atoms with Crippen LogP contribution in [0.3, 0.4) is 0 Å². The molecule has 4 heteroatoms. The third-order valence-corrected chi connectivity index (χ3v) is 2.44. The molecule has 3 nitrogen and oxygen atoms in total. The Hall–Kier alpha value is -1.29. The second-order valence-electron chi connectivity index (χ2n) is 3.17. The van der Waals surface area contributed by atoms with Crippen molar-refractivity contribution in [1.29, 1.82) is 0 Å². The molecule has 2 aromatic rings. The number of rotatable bonds is 1. The van der Waals surface area contributed by atoms with E-state index < -0.39 is 0 Å². The molecule has 0 saturated heterocycles. The van der Waals surface area contributed by atoms with Gasteiger partial charge in [-0.1, -0.05) is 15.9 Å². The molecule has 2 rings (SSSR count). The van der Waals surface area contributed by atoms with Gasteiger partial charge in [-0.25, -0.2) is 4.68 Å². The summed E-state index contributed by atoms with van der Waals surface area (Å²) in [5.74, 6) is 0. The Kier molecular flexibility index (Phi) is 2.29. The summed E-state index contributed by atoms with van der Waals surface area (Å²) in [6.45, 7) is 2.00. The monoisotopic (exact) mass is 251 g/mol. The molecule has 0 fully saturated rings. The van der Waals surface area contributed by atoms with Gasteiger partial charge in [-0.15, -0.1) is 0 Å². The summed E-state index contributed by atoms with van der Waals surface area (Å²) in [5, 5.41) is 4.20. The van der Waals surface area contributed by atoms with Gasteiger partial charge >= 0.3 is 0 Å². The minimum absolute atomic E-state index is 0.711. The predicted molar refractivity (Wildman–Crippen MR) is 60.4 cm³/mol. The number of nitrogen functional groups attached to an aromatic ring is 1. The van der Waals surface area contributed by atoms with Crippen molar-refractivity contribution in [3.05, 3.63) is 40.6 Å². The summed E-state index contributed by atoms with van der Waals surface area (Å²) >= 11 is 3.36. The first-order valence-corrected chi connectivity index (χ1v) is 5.03. The van der Waals surface area contributed by atoms with E-state index in [0.29, 0.717) is 5.69 Å². The van der Waals surface area contributed by atoms with Crippen LogP contribution in [0, 0.1) is 6.92 Å². The molecule has 0 aliphatic rings. The number of benzene rings is 1. The minimum atomic E-state index is 0.711. The van der Waals surface area contributed by atoms with Crippen LogP contribution in [0.15, 0.2) is 35.1 Å². The smallest absolute Gasteiger partial charge is 0.0875 e. The van der Waals surface area contributed by atoms with Crippen molar-refractivity contribution < 1.29 is 0 Å². The van der Waals surface area contributed by atoms with E-state index in [0.717, 1.165) is 15.7 Å². The Labute approximate surface area is 90.7 Å². The summed E-state index contributed by atoms with van der Waals surface area (Å²) in [7, 11) is 0. The molecule has 0 atom stereocenters. The Bertz CT molecular complexity index is 462. The van der Waals surface area contributed by atoms with Gasteiger partial charge in [0, 0.05) is 10.7 Å². The number of hydrogen-bond acceptors (Lipinski definition) is 2. The maximum absolute atomic E-state index is 5.87. The lowest BCUT2D eigenvalue weighted by Crippen LogP contribution is -1.99. The zero-order valence-corrected chi connectivity index (χ0v) is 9.32. The lowest BCUT2D eigenvalue weighted by atomic mass is 10.3. The fourth-order valence-electron chi connectivity index (χ4n) is 1.28. The molecule has 72 valence electrons. The summed E-state index contributed by atoms with van der Waals surface area (Å²) in [5.41, 5.74) is 8.60. The highest BCUT2D eigenvalue weighted by Crippen LogP contribution is 2.21. The molecule has 0 amide bonds. The molecule has 0 aliphatic heterocycles. The van der Waals surface area contributed by atoms with Crippen LogP contribution in [-0.4, -0.2) is 9.78 Å². The van der Waals surface area contributed by atoms with Gasteiger partial charge in [0.05, 0.1) is 17.6 Å². The number of aryl methyl sites for hydroxylation is 1. The van der Waals surface area contributed by atoms with Crippen LogP contribution in [-0.2, 0) is 0 Å². The maximum Gasteiger partial charge on any atom is 0.0875 e. The molecule has 1 heterocycles. The molecule has 0 aliphatic carbocycles. The van der Waals surface area contributed by atoms with Gasteiger partial charge in [0.25, 0.3) is 0 Å². The lowest BCUT2D eigenvalue weighted by molar-refractivity contribution is 0.882. The number of hydrogen-bond donors (Lipinski definition) is 1. The van der Waals surface area contributed by atoms with Gasteiger partial charge in [0.2, 0.25) is 0 Å². The molecule has 2 N–H and O–H groups in total. The van der Waals surface area contributed by atoms with Crippen LogP contribution in [0.4, 0.5) is 5.69 Å². The Balaban J connectivity index is 2.52. The van der Waals surface area contributed by atoms with Crippen LogP contribution in [0.25, 0.3) is 5.69 Å². The van der Waals surface area contributed by atoms with Crippen LogP contribution < -0.4 is 5.73 Å². The van der Waals surface area contributed by atoms with Crippen LogP contribution in [0.2, 0.25) is 0 Å². The highest BCUT2D eigenvalue weighted by atomic mass is 79.9. The van der Waals surface area contributed by atoms with E-state index in [1.54, 1.807) is 4.68 Å². The molecule has 14 heavy (non-hydrogen) atoms. The molecule has 0 radical (unpaired) electrons. The van der Waals surface area contributed by atoms with Crippen molar-refractivity contribution in [2.45, 2.75) is 6.92 Å². The Morgan fingerprint density at radius 2 is 2.21 bits per heavy atom. The van der Waals surface area contributed by atoms with E-state index in [9.17, 15) is 0 Å². The lowest BCUT2D eigenvalue weighted by Gasteiger charge is -2.05. The fourth-order valence-corrected chi connectivity index (χ4v) is 1.66. The van der Waals surface area contributed by atoms with Crippen LogP contribution in [0.1, 0.15) is 5.56 Å². The van der Waals surface area contributed by atoms with Gasteiger partial charge in [-0.2, -0.15) is 5.10 Å². The van der Waals surface area contributed by atoms with E-state index in [1.807, 2.05) is 37.5 Å². The van der Waals surface area contributed by atoms with E-state index in [2.05, 4.69) is 21.0 Å². The summed E-state index contributed by atoms with van der Waals surface area (Å²) in [4.78, 5) is 0. The summed E-state index contributed by atoms with van der Waals surface area (Å²) in [6.07, 6.45) is 3.75. The third-order valence-electron chi connectivity index (χ3n) is 1.95. The molecule has 1 aromatic carbocycles. The van der Waals surface area contributed by atoms with Crippen molar-refractivity contribution in [1.82, 2.24) is 9.78 Å². The fraction of sp³-hybridized carbons (Fsp3) is 0.100. The van der Waals surface area contributed by atoms with E-state index in [4.69, 9.17) is 5.73 Å². The Morgan fingerprint density at radius 1 is 1.43 bits per heavy atom. The largest absolute Gasteiger partial charge is 0.397 e. The number of halogens is 1. The zero-order chi connectivity index (χ0) is 10.1. The van der Waals surface area contributed by atoms with E-state index in [1.165, 1.54) is 0 Å². The van der Waals surface area contributed by atoms with Gasteiger partial charge < -0.3 is 5.73 Å². The molecule has 0 saturated carbocycles. The topological polar surface area (TPSA) is 43.8 Å². The number of nitrogens with two attached hydrogens (primary N) is 1. The number of anilines is 1.